The van der Waals surface area contributed by atoms with Crippen LogP contribution < -0.4 is 0 Å². The molecule has 0 bridgehead atoms. The predicted octanol–water partition coefficient (Wildman–Crippen LogP) is 5.58. The number of nitrogens with zero attached hydrogens (tertiary/aromatic N) is 1. The van der Waals surface area contributed by atoms with E-state index in [4.69, 9.17) is 16.6 Å². The molecular formula is C18H17ClN2S. The van der Waals surface area contributed by atoms with Gasteiger partial charge in [-0.1, -0.05) is 78.8 Å². The highest BCUT2D eigenvalue weighted by Crippen LogP contribution is 2.29. The number of halogens is 1. The number of aromatic nitrogens is 2. The van der Waals surface area contributed by atoms with Crippen molar-refractivity contribution in [3.05, 3.63) is 70.9 Å². The molecule has 0 unspecified atom stereocenters. The highest BCUT2D eigenvalue weighted by molar-refractivity contribution is 7.98. The maximum Gasteiger partial charge on any atom is 0.166 e. The van der Waals surface area contributed by atoms with Crippen LogP contribution in [0.1, 0.15) is 18.2 Å². The van der Waals surface area contributed by atoms with E-state index in [1.807, 2.05) is 36.4 Å². The van der Waals surface area contributed by atoms with Crippen molar-refractivity contribution in [2.45, 2.75) is 24.3 Å². The smallest absolute Gasteiger partial charge is 0.166 e. The summed E-state index contributed by atoms with van der Waals surface area (Å²) in [6, 6.07) is 18.2. The van der Waals surface area contributed by atoms with Crippen LogP contribution in [0, 0.1) is 0 Å². The third kappa shape index (κ3) is 3.37. The summed E-state index contributed by atoms with van der Waals surface area (Å²) in [5, 5.41) is 1.75. The zero-order valence-corrected chi connectivity index (χ0v) is 13.9. The van der Waals surface area contributed by atoms with E-state index in [1.165, 1.54) is 5.69 Å². The number of hydrogen-bond acceptors (Lipinski definition) is 2. The number of hydrogen-bond donors (Lipinski definition) is 1. The summed E-state index contributed by atoms with van der Waals surface area (Å²) < 4.78 is 0. The number of H-pyrrole nitrogens is 1. The summed E-state index contributed by atoms with van der Waals surface area (Å²) in [7, 11) is 0. The van der Waals surface area contributed by atoms with E-state index in [0.717, 1.165) is 39.2 Å². The molecule has 1 aromatic heterocycles. The van der Waals surface area contributed by atoms with Crippen LogP contribution in [0.3, 0.4) is 0 Å². The van der Waals surface area contributed by atoms with Crippen LogP contribution in [-0.2, 0) is 12.2 Å². The Morgan fingerprint density at radius 1 is 1.05 bits per heavy atom. The molecule has 2 nitrogen and oxygen atoms in total. The van der Waals surface area contributed by atoms with Crippen LogP contribution in [0.4, 0.5) is 0 Å². The molecule has 4 heteroatoms. The zero-order chi connectivity index (χ0) is 15.4. The molecule has 0 aliphatic carbocycles. The van der Waals surface area contributed by atoms with Gasteiger partial charge in [0.05, 0.1) is 5.69 Å². The first kappa shape index (κ1) is 15.2. The van der Waals surface area contributed by atoms with Gasteiger partial charge in [-0.2, -0.15) is 0 Å². The Morgan fingerprint density at radius 2 is 1.77 bits per heavy atom. The second-order valence-corrected chi connectivity index (χ2v) is 6.34. The number of thioether (sulfide) groups is 1. The first-order valence-corrected chi connectivity index (χ1v) is 8.64. The highest BCUT2D eigenvalue weighted by atomic mass is 35.5. The fraction of sp³-hybridized carbons (Fsp3) is 0.167. The van der Waals surface area contributed by atoms with E-state index in [-0.39, 0.29) is 0 Å². The second kappa shape index (κ2) is 7.03. The van der Waals surface area contributed by atoms with Gasteiger partial charge < -0.3 is 4.98 Å². The van der Waals surface area contributed by atoms with Gasteiger partial charge in [0.25, 0.3) is 0 Å². The molecule has 0 radical (unpaired) electrons. The van der Waals surface area contributed by atoms with Gasteiger partial charge in [-0.3, -0.25) is 0 Å². The average Bonchev–Trinajstić information content (AvgIpc) is 2.98. The summed E-state index contributed by atoms with van der Waals surface area (Å²) in [5.41, 5.74) is 4.50. The number of nitrogens with one attached hydrogen (secondary N) is 1. The third-order valence-corrected chi connectivity index (χ3v) is 4.77. The lowest BCUT2D eigenvalue weighted by molar-refractivity contribution is 0.993. The average molecular weight is 329 g/mol. The van der Waals surface area contributed by atoms with Gasteiger partial charge in [0.2, 0.25) is 0 Å². The van der Waals surface area contributed by atoms with Crippen LogP contribution in [0.5, 0.6) is 0 Å². The maximum atomic E-state index is 6.21. The number of aromatic amines is 1. The van der Waals surface area contributed by atoms with E-state index in [9.17, 15) is 0 Å². The quantitative estimate of drug-likeness (QED) is 0.619. The minimum absolute atomic E-state index is 0.806. The molecule has 3 aromatic rings. The van der Waals surface area contributed by atoms with E-state index in [2.05, 4.69) is 30.1 Å². The molecule has 22 heavy (non-hydrogen) atoms. The SMILES string of the molecule is CCc1[nH]c(SCc2ccccc2Cl)nc1-c1ccccc1. The standard InChI is InChI=1S/C18H17ClN2S/c1-2-16-17(13-8-4-3-5-9-13)21-18(20-16)22-12-14-10-6-7-11-15(14)19/h3-11H,2,12H2,1H3,(H,20,21). The first-order valence-electron chi connectivity index (χ1n) is 7.28. The maximum absolute atomic E-state index is 6.21. The van der Waals surface area contributed by atoms with Crippen molar-refractivity contribution in [2.75, 3.05) is 0 Å². The third-order valence-electron chi connectivity index (χ3n) is 3.48. The molecule has 0 aliphatic rings. The van der Waals surface area contributed by atoms with Crippen LogP contribution in [0.25, 0.3) is 11.3 Å². The molecule has 3 rings (SSSR count). The molecule has 0 saturated carbocycles. The summed E-state index contributed by atoms with van der Waals surface area (Å²) in [5.74, 6) is 0.810. The van der Waals surface area contributed by atoms with Crippen LogP contribution in [-0.4, -0.2) is 9.97 Å². The summed E-state index contributed by atoms with van der Waals surface area (Å²) in [6.45, 7) is 2.14. The summed E-state index contributed by atoms with van der Waals surface area (Å²) in [4.78, 5) is 8.19. The lowest BCUT2D eigenvalue weighted by Gasteiger charge is -2.01. The van der Waals surface area contributed by atoms with Gasteiger partial charge in [0.15, 0.2) is 5.16 Å². The van der Waals surface area contributed by atoms with Crippen molar-refractivity contribution >= 4 is 23.4 Å². The lowest BCUT2D eigenvalue weighted by atomic mass is 10.1. The van der Waals surface area contributed by atoms with E-state index in [1.54, 1.807) is 11.8 Å². The summed E-state index contributed by atoms with van der Waals surface area (Å²) >= 11 is 7.89. The van der Waals surface area contributed by atoms with Gasteiger partial charge in [-0.05, 0) is 18.1 Å². The molecule has 1 N–H and O–H groups in total. The number of rotatable bonds is 5. The van der Waals surface area contributed by atoms with Crippen LogP contribution in [0.15, 0.2) is 59.8 Å². The monoisotopic (exact) mass is 328 g/mol. The molecule has 0 aliphatic heterocycles. The Kier molecular flexibility index (Phi) is 4.86. The van der Waals surface area contributed by atoms with E-state index >= 15 is 0 Å². The minimum Gasteiger partial charge on any atom is -0.336 e. The Hall–Kier alpha value is -1.71. The van der Waals surface area contributed by atoms with E-state index < -0.39 is 0 Å². The second-order valence-electron chi connectivity index (χ2n) is 4.97. The normalized spacial score (nSPS) is 10.8. The Labute approximate surface area is 139 Å². The van der Waals surface area contributed by atoms with Gasteiger partial charge in [-0.25, -0.2) is 4.98 Å². The van der Waals surface area contributed by atoms with E-state index in [0.29, 0.717) is 0 Å². The van der Waals surface area contributed by atoms with Crippen molar-refractivity contribution in [3.63, 3.8) is 0 Å². The zero-order valence-electron chi connectivity index (χ0n) is 12.3. The molecule has 0 atom stereocenters. The largest absolute Gasteiger partial charge is 0.336 e. The fourth-order valence-electron chi connectivity index (χ4n) is 2.31. The molecule has 2 aromatic carbocycles. The highest BCUT2D eigenvalue weighted by Gasteiger charge is 2.11. The molecule has 112 valence electrons. The van der Waals surface area contributed by atoms with Gasteiger partial charge in [-0.15, -0.1) is 0 Å². The lowest BCUT2D eigenvalue weighted by Crippen LogP contribution is -1.85. The minimum atomic E-state index is 0.806. The number of benzene rings is 2. The number of aryl methyl sites for hydroxylation is 1. The van der Waals surface area contributed by atoms with Crippen molar-refractivity contribution < 1.29 is 0 Å². The molecule has 1 heterocycles. The molecule has 0 amide bonds. The molecule has 0 fully saturated rings. The van der Waals surface area contributed by atoms with Crippen molar-refractivity contribution in [2.24, 2.45) is 0 Å². The summed E-state index contributed by atoms with van der Waals surface area (Å²) in [6.07, 6.45) is 0.934. The fourth-order valence-corrected chi connectivity index (χ4v) is 3.48. The number of imidazole rings is 1. The van der Waals surface area contributed by atoms with Gasteiger partial charge in [0.1, 0.15) is 0 Å². The molecule has 0 saturated heterocycles. The molecular weight excluding hydrogens is 312 g/mol. The molecule has 0 spiro atoms. The van der Waals surface area contributed by atoms with Crippen molar-refractivity contribution in [1.82, 2.24) is 9.97 Å². The van der Waals surface area contributed by atoms with Crippen LogP contribution >= 0.6 is 23.4 Å². The topological polar surface area (TPSA) is 28.7 Å². The van der Waals surface area contributed by atoms with Crippen molar-refractivity contribution in [3.8, 4) is 11.3 Å². The Morgan fingerprint density at radius 3 is 2.50 bits per heavy atom. The van der Waals surface area contributed by atoms with Gasteiger partial charge >= 0.3 is 0 Å². The Balaban J connectivity index is 1.81. The first-order chi connectivity index (χ1) is 10.8. The van der Waals surface area contributed by atoms with Crippen molar-refractivity contribution in [1.29, 1.82) is 0 Å². The van der Waals surface area contributed by atoms with Gasteiger partial charge in [0, 0.05) is 22.0 Å². The Bertz CT molecular complexity index is 753. The predicted molar refractivity (Wildman–Crippen MR) is 94.4 cm³/mol. The van der Waals surface area contributed by atoms with Crippen LogP contribution in [0.2, 0.25) is 5.02 Å².